The van der Waals surface area contributed by atoms with E-state index in [1.165, 1.54) is 30.9 Å². The molecule has 5 fully saturated rings. The van der Waals surface area contributed by atoms with Gasteiger partial charge in [-0.3, -0.25) is 0 Å². The molecule has 0 aromatic carbocycles. The summed E-state index contributed by atoms with van der Waals surface area (Å²) in [5.74, 6) is 4.03. The van der Waals surface area contributed by atoms with Gasteiger partial charge in [0.15, 0.2) is 11.6 Å². The van der Waals surface area contributed by atoms with Gasteiger partial charge in [0.25, 0.3) is 12.9 Å². The third kappa shape index (κ3) is 15.7. The van der Waals surface area contributed by atoms with Crippen LogP contribution in [0.25, 0.3) is 11.4 Å². The topological polar surface area (TPSA) is 213 Å². The molecule has 21 nitrogen and oxygen atoms in total. The molecular weight excluding hydrogens is 1090 g/mol. The van der Waals surface area contributed by atoms with E-state index in [1.807, 2.05) is 27.7 Å². The lowest BCUT2D eigenvalue weighted by atomic mass is 9.77. The van der Waals surface area contributed by atoms with Crippen molar-refractivity contribution in [3.8, 4) is 11.4 Å². The van der Waals surface area contributed by atoms with E-state index in [0.29, 0.717) is 102 Å². The van der Waals surface area contributed by atoms with Gasteiger partial charge in [0.2, 0.25) is 29.1 Å². The minimum atomic E-state index is -2.75. The summed E-state index contributed by atoms with van der Waals surface area (Å²) in [4.78, 5) is 50.3. The van der Waals surface area contributed by atoms with E-state index in [1.54, 1.807) is 19.0 Å². The van der Waals surface area contributed by atoms with Crippen LogP contribution < -0.4 is 30.8 Å². The van der Waals surface area contributed by atoms with E-state index < -0.39 is 31.2 Å². The Labute approximate surface area is 485 Å². The molecule has 0 spiro atoms. The fourth-order valence-corrected chi connectivity index (χ4v) is 10.1. The first-order valence-corrected chi connectivity index (χ1v) is 28.6. The highest BCUT2D eigenvalue weighted by Gasteiger charge is 2.53. The molecule has 82 heavy (non-hydrogen) atoms. The number of hydrogen-bond acceptors (Lipinski definition) is 20. The third-order valence-electron chi connectivity index (χ3n) is 15.5. The van der Waals surface area contributed by atoms with Gasteiger partial charge in [-0.25, -0.2) is 32.5 Å². The number of nitrogens with zero attached hydrogens (tertiary/aromatic N) is 14. The van der Waals surface area contributed by atoms with Crippen LogP contribution in [0.5, 0.6) is 0 Å². The number of ether oxygens (including phenoxy) is 4. The van der Waals surface area contributed by atoms with Crippen LogP contribution in [-0.2, 0) is 28.3 Å². The first-order valence-electron chi connectivity index (χ1n) is 28.2. The van der Waals surface area contributed by atoms with E-state index in [9.17, 15) is 17.6 Å². The van der Waals surface area contributed by atoms with Crippen molar-refractivity contribution in [3.05, 3.63) is 40.9 Å². The van der Waals surface area contributed by atoms with Crippen molar-refractivity contribution < 1.29 is 45.8 Å². The van der Waals surface area contributed by atoms with Crippen molar-refractivity contribution in [1.82, 2.24) is 44.8 Å². The third-order valence-corrected chi connectivity index (χ3v) is 15.7. The Bertz CT molecular complexity index is 2650. The molecule has 4 aromatic rings. The Morgan fingerprint density at radius 1 is 0.598 bits per heavy atom. The summed E-state index contributed by atoms with van der Waals surface area (Å²) in [5, 5.41) is 0.239. The van der Waals surface area contributed by atoms with Crippen LogP contribution >= 0.6 is 11.6 Å². The number of hydrogen-bond donors (Lipinski definition) is 1. The second kappa shape index (κ2) is 28.0. The molecule has 27 heteroatoms. The zero-order valence-electron chi connectivity index (χ0n) is 49.9. The molecule has 0 amide bonds. The van der Waals surface area contributed by atoms with Gasteiger partial charge in [0.1, 0.15) is 5.82 Å². The highest BCUT2D eigenvalue weighted by molar-refractivity contribution is 6.62. The molecule has 9 heterocycles. The average Bonchev–Trinajstić information content (AvgIpc) is 3.38. The van der Waals surface area contributed by atoms with Crippen molar-refractivity contribution >= 4 is 65.9 Å². The molecular formula is C55H83BClF4N15O6. The number of rotatable bonds is 14. The summed E-state index contributed by atoms with van der Waals surface area (Å²) in [6, 6.07) is 3.05. The monoisotopic (exact) mass is 1170 g/mol. The predicted molar refractivity (Wildman–Crippen MR) is 311 cm³/mol. The quantitative estimate of drug-likeness (QED) is 0.0549. The SMILES string of the molecule is CC(C)[C@@H]1COCCN1c1nc(-c2cnc(N)cc2C(F)F)nc(N2CCOC[C@H]2C(C)C)n1.CC(C)[C@@H]1COCCN1c1nc(Cl)nc(N2CCOC[C@H]2C(C)C)n1.CN(C)C=Nc1cc(C(F)F)c(B2OC(C)(C)C(C)(C)O2)cn1. The van der Waals surface area contributed by atoms with Gasteiger partial charge in [-0.05, 0) is 75.1 Å². The largest absolute Gasteiger partial charge is 0.496 e. The van der Waals surface area contributed by atoms with Gasteiger partial charge < -0.3 is 58.5 Å². The average molecular weight is 1170 g/mol. The van der Waals surface area contributed by atoms with E-state index in [4.69, 9.17) is 55.6 Å². The number of aliphatic imine (C=N–C) groups is 1. The standard InChI is InChI=1S/C23H33F2N7O2.C17H28ClN5O2.C15H22BF2N3O2/c1-13(2)17-11-33-7-5-31(17)22-28-21(16-10-27-19(26)9-15(16)20(24)25)29-23(30-22)32-6-8-34-12-18(32)14(3)4;1-11(2)13-9-24-7-5-22(13)16-19-15(18)20-17(21-16)23-6-8-25-10-14(23)12(3)4;1-14(2)15(3,4)23-16(22-14)11-8-19-12(20-9-21(5)6)7-10(11)13(17)18/h9-10,13-14,17-18,20H,5-8,11-12H2,1-4H3,(H2,26,27);11-14H,5-10H2,1-4H3;7-9,13H,1-6H3/t17-,18-;13-,14-;/m00./s1. The second-order valence-electron chi connectivity index (χ2n) is 23.5. The highest BCUT2D eigenvalue weighted by Crippen LogP contribution is 2.38. The highest BCUT2D eigenvalue weighted by atomic mass is 35.5. The Balaban J connectivity index is 0.000000182. The number of nitrogen functional groups attached to an aromatic ring is 1. The molecule has 0 unspecified atom stereocenters. The summed E-state index contributed by atoms with van der Waals surface area (Å²) in [6.07, 6.45) is -1.24. The first kappa shape index (κ1) is 64.2. The van der Waals surface area contributed by atoms with Crippen molar-refractivity contribution in [1.29, 1.82) is 0 Å². The maximum absolute atomic E-state index is 13.9. The van der Waals surface area contributed by atoms with Crippen LogP contribution in [-0.4, -0.2) is 187 Å². The Morgan fingerprint density at radius 2 is 0.988 bits per heavy atom. The molecule has 0 radical (unpaired) electrons. The molecule has 452 valence electrons. The van der Waals surface area contributed by atoms with Crippen LogP contribution in [0.4, 0.5) is 53.0 Å². The zero-order chi connectivity index (χ0) is 59.8. The summed E-state index contributed by atoms with van der Waals surface area (Å²) < 4.78 is 89.1. The summed E-state index contributed by atoms with van der Waals surface area (Å²) >= 11 is 6.26. The van der Waals surface area contributed by atoms with Gasteiger partial charge in [0, 0.05) is 74.8 Å². The van der Waals surface area contributed by atoms with Crippen molar-refractivity contribution in [2.24, 2.45) is 28.7 Å². The Morgan fingerprint density at radius 3 is 1.35 bits per heavy atom. The van der Waals surface area contributed by atoms with Gasteiger partial charge in [-0.1, -0.05) is 55.4 Å². The number of alkyl halides is 4. The van der Waals surface area contributed by atoms with Gasteiger partial charge in [-0.2, -0.15) is 29.9 Å². The maximum atomic E-state index is 13.9. The van der Waals surface area contributed by atoms with Crippen molar-refractivity contribution in [2.45, 2.75) is 131 Å². The van der Waals surface area contributed by atoms with E-state index in [2.05, 4.69) is 110 Å². The van der Waals surface area contributed by atoms with E-state index in [0.717, 1.165) is 13.1 Å². The molecule has 0 aliphatic carbocycles. The fourth-order valence-electron chi connectivity index (χ4n) is 9.94. The van der Waals surface area contributed by atoms with Gasteiger partial charge >= 0.3 is 7.12 Å². The summed E-state index contributed by atoms with van der Waals surface area (Å²) in [7, 11) is 2.70. The Kier molecular flexibility index (Phi) is 21.9. The molecule has 2 N–H and O–H groups in total. The summed E-state index contributed by atoms with van der Waals surface area (Å²) in [5.41, 5.74) is 4.46. The zero-order valence-corrected chi connectivity index (χ0v) is 50.7. The minimum absolute atomic E-state index is 0.0228. The number of pyridine rings is 2. The number of anilines is 5. The van der Waals surface area contributed by atoms with Crippen LogP contribution in [0.3, 0.4) is 0 Å². The van der Waals surface area contributed by atoms with Crippen LogP contribution in [0.2, 0.25) is 5.28 Å². The number of morpholine rings is 4. The minimum Gasteiger partial charge on any atom is -0.399 e. The number of halogens is 5. The Hall–Kier alpha value is -5.38. The predicted octanol–water partition coefficient (Wildman–Crippen LogP) is 7.96. The lowest BCUT2D eigenvalue weighted by molar-refractivity contribution is 0.00578. The molecule has 9 rings (SSSR count). The van der Waals surface area contributed by atoms with Gasteiger partial charge in [-0.15, -0.1) is 0 Å². The van der Waals surface area contributed by atoms with Crippen LogP contribution in [0.1, 0.15) is 107 Å². The maximum Gasteiger partial charge on any atom is 0.496 e. The molecule has 0 bridgehead atoms. The molecule has 5 aliphatic heterocycles. The molecule has 5 aliphatic rings. The van der Waals surface area contributed by atoms with Crippen molar-refractivity contribution in [2.75, 3.05) is 118 Å². The molecule has 4 atom stereocenters. The molecule has 0 saturated carbocycles. The molecule has 5 saturated heterocycles. The lowest BCUT2D eigenvalue weighted by Crippen LogP contribution is -2.51. The number of nitrogens with two attached hydrogens (primary N) is 1. The smallest absolute Gasteiger partial charge is 0.399 e. The number of aromatic nitrogens is 8. The normalized spacial score (nSPS) is 22.2. The van der Waals surface area contributed by atoms with E-state index >= 15 is 0 Å². The molecule has 4 aromatic heterocycles. The van der Waals surface area contributed by atoms with Crippen molar-refractivity contribution in [3.63, 3.8) is 0 Å². The second-order valence-corrected chi connectivity index (χ2v) is 23.9. The van der Waals surface area contributed by atoms with E-state index in [-0.39, 0.29) is 80.9 Å². The first-order chi connectivity index (χ1) is 38.8. The van der Waals surface area contributed by atoms with Crippen LogP contribution in [0, 0.1) is 23.7 Å². The fraction of sp³-hybridized carbons (Fsp3) is 0.691. The summed E-state index contributed by atoms with van der Waals surface area (Å²) in [6.45, 7) is 32.3. The van der Waals surface area contributed by atoms with Gasteiger partial charge in [0.05, 0.1) is 94.6 Å². The lowest BCUT2D eigenvalue weighted by Gasteiger charge is -2.40. The van der Waals surface area contributed by atoms with Crippen LogP contribution in [0.15, 0.2) is 29.5 Å².